The predicted molar refractivity (Wildman–Crippen MR) is 75.9 cm³/mol. The third kappa shape index (κ3) is 3.11. The number of para-hydroxylation sites is 1. The Morgan fingerprint density at radius 2 is 1.48 bits per heavy atom. The van der Waals surface area contributed by atoms with Crippen LogP contribution in [-0.4, -0.2) is 22.0 Å². The first-order valence-electron chi connectivity index (χ1n) is 6.18. The maximum absolute atomic E-state index is 12.0. The van der Waals surface area contributed by atoms with E-state index in [1.807, 2.05) is 0 Å². The molecule has 108 valence electrons. The molecule has 0 spiro atoms. The number of rotatable bonds is 2. The van der Waals surface area contributed by atoms with E-state index in [0.717, 1.165) is 0 Å². The van der Waals surface area contributed by atoms with Crippen molar-refractivity contribution < 1.29 is 19.8 Å². The summed E-state index contributed by atoms with van der Waals surface area (Å²) in [5, 5.41) is 19.2. The Labute approximate surface area is 121 Å². The molecule has 6 heteroatoms. The molecule has 21 heavy (non-hydrogen) atoms. The summed E-state index contributed by atoms with van der Waals surface area (Å²) < 4.78 is 0. The quantitative estimate of drug-likeness (QED) is 0.628. The first-order chi connectivity index (χ1) is 10.0. The van der Waals surface area contributed by atoms with Gasteiger partial charge in [-0.3, -0.25) is 20.4 Å². The highest BCUT2D eigenvalue weighted by Gasteiger charge is 2.16. The molecule has 0 unspecified atom stereocenters. The van der Waals surface area contributed by atoms with Crippen molar-refractivity contribution in [3.05, 3.63) is 59.2 Å². The van der Waals surface area contributed by atoms with Crippen LogP contribution in [0.2, 0.25) is 0 Å². The zero-order valence-corrected chi connectivity index (χ0v) is 11.3. The summed E-state index contributed by atoms with van der Waals surface area (Å²) in [5.41, 5.74) is 5.07. The van der Waals surface area contributed by atoms with Crippen molar-refractivity contribution in [2.75, 3.05) is 0 Å². The lowest BCUT2D eigenvalue weighted by atomic mass is 10.1. The van der Waals surface area contributed by atoms with Crippen LogP contribution < -0.4 is 10.9 Å². The van der Waals surface area contributed by atoms with Crippen LogP contribution in [-0.2, 0) is 0 Å². The van der Waals surface area contributed by atoms with Crippen LogP contribution in [0.5, 0.6) is 11.5 Å². The van der Waals surface area contributed by atoms with Gasteiger partial charge in [-0.15, -0.1) is 0 Å². The van der Waals surface area contributed by atoms with Crippen LogP contribution in [0.3, 0.4) is 0 Å². The molecule has 0 aromatic heterocycles. The molecule has 0 aliphatic carbocycles. The van der Waals surface area contributed by atoms with Gasteiger partial charge in [0.2, 0.25) is 0 Å². The molecule has 0 fully saturated rings. The Morgan fingerprint density at radius 3 is 2.14 bits per heavy atom. The van der Waals surface area contributed by atoms with Gasteiger partial charge in [-0.05, 0) is 30.7 Å². The highest BCUT2D eigenvalue weighted by Crippen LogP contribution is 2.20. The van der Waals surface area contributed by atoms with Gasteiger partial charge in [0.05, 0.1) is 11.1 Å². The molecule has 4 N–H and O–H groups in total. The molecule has 0 atom stereocenters. The first kappa shape index (κ1) is 14.4. The third-order valence-electron chi connectivity index (χ3n) is 2.92. The standard InChI is InChI=1S/C15H14N2O4/c1-9-5-4-8-12(19)13(9)15(21)17-16-14(20)10-6-2-3-7-11(10)18/h2-8,18-19H,1H3,(H,16,20)(H,17,21). The Hall–Kier alpha value is -3.02. The molecule has 2 amide bonds. The summed E-state index contributed by atoms with van der Waals surface area (Å²) in [5.74, 6) is -1.67. The smallest absolute Gasteiger partial charge is 0.273 e. The van der Waals surface area contributed by atoms with Gasteiger partial charge in [0.15, 0.2) is 0 Å². The maximum Gasteiger partial charge on any atom is 0.273 e. The number of carbonyl (C=O) groups is 2. The van der Waals surface area contributed by atoms with Gasteiger partial charge in [-0.1, -0.05) is 24.3 Å². The van der Waals surface area contributed by atoms with Crippen molar-refractivity contribution in [3.63, 3.8) is 0 Å². The molecule has 0 aliphatic heterocycles. The fourth-order valence-corrected chi connectivity index (χ4v) is 1.86. The van der Waals surface area contributed by atoms with Crippen LogP contribution >= 0.6 is 0 Å². The van der Waals surface area contributed by atoms with Crippen LogP contribution in [0.15, 0.2) is 42.5 Å². The van der Waals surface area contributed by atoms with Crippen molar-refractivity contribution in [1.82, 2.24) is 10.9 Å². The van der Waals surface area contributed by atoms with Crippen molar-refractivity contribution in [2.24, 2.45) is 0 Å². The van der Waals surface area contributed by atoms with Gasteiger partial charge in [-0.2, -0.15) is 0 Å². The largest absolute Gasteiger partial charge is 0.507 e. The number of amides is 2. The minimum absolute atomic E-state index is 0.0341. The molecule has 0 radical (unpaired) electrons. The molecular weight excluding hydrogens is 272 g/mol. The fourth-order valence-electron chi connectivity index (χ4n) is 1.86. The van der Waals surface area contributed by atoms with Gasteiger partial charge in [0.25, 0.3) is 11.8 Å². The number of hydrogen-bond donors (Lipinski definition) is 4. The number of nitrogens with one attached hydrogen (secondary N) is 2. The average Bonchev–Trinajstić information content (AvgIpc) is 2.45. The van der Waals surface area contributed by atoms with Gasteiger partial charge in [0, 0.05) is 0 Å². The summed E-state index contributed by atoms with van der Waals surface area (Å²) in [4.78, 5) is 23.8. The summed E-state index contributed by atoms with van der Waals surface area (Å²) >= 11 is 0. The molecule has 2 aromatic rings. The number of aromatic hydroxyl groups is 2. The summed E-state index contributed by atoms with van der Waals surface area (Å²) in [6.07, 6.45) is 0. The fraction of sp³-hybridized carbons (Fsp3) is 0.0667. The molecule has 0 bridgehead atoms. The molecule has 2 aromatic carbocycles. The van der Waals surface area contributed by atoms with E-state index in [1.165, 1.54) is 18.2 Å². The van der Waals surface area contributed by atoms with Gasteiger partial charge in [0.1, 0.15) is 11.5 Å². The average molecular weight is 286 g/mol. The Bertz CT molecular complexity index is 678. The third-order valence-corrected chi connectivity index (χ3v) is 2.92. The summed E-state index contributed by atoms with van der Waals surface area (Å²) in [7, 11) is 0. The number of hydrogen-bond acceptors (Lipinski definition) is 4. The Morgan fingerprint density at radius 1 is 0.857 bits per heavy atom. The molecule has 0 saturated carbocycles. The van der Waals surface area contributed by atoms with Crippen LogP contribution in [0.1, 0.15) is 26.3 Å². The van der Waals surface area contributed by atoms with E-state index in [0.29, 0.717) is 5.56 Å². The lowest BCUT2D eigenvalue weighted by molar-refractivity contribution is 0.0843. The van der Waals surface area contributed by atoms with Gasteiger partial charge in [-0.25, -0.2) is 0 Å². The Kier molecular flexibility index (Phi) is 4.08. The lowest BCUT2D eigenvalue weighted by Crippen LogP contribution is -2.41. The van der Waals surface area contributed by atoms with E-state index >= 15 is 0 Å². The minimum atomic E-state index is -0.658. The normalized spacial score (nSPS) is 9.95. The second kappa shape index (κ2) is 5.96. The van der Waals surface area contributed by atoms with Gasteiger partial charge >= 0.3 is 0 Å². The van der Waals surface area contributed by atoms with Crippen LogP contribution in [0.4, 0.5) is 0 Å². The highest BCUT2D eigenvalue weighted by atomic mass is 16.3. The van der Waals surface area contributed by atoms with Crippen molar-refractivity contribution in [3.8, 4) is 11.5 Å². The number of phenolic OH excluding ortho intramolecular Hbond substituents is 2. The van der Waals surface area contributed by atoms with Crippen molar-refractivity contribution in [1.29, 1.82) is 0 Å². The van der Waals surface area contributed by atoms with Gasteiger partial charge < -0.3 is 10.2 Å². The molecular formula is C15H14N2O4. The zero-order chi connectivity index (χ0) is 15.4. The van der Waals surface area contributed by atoms with E-state index in [-0.39, 0.29) is 22.6 Å². The molecule has 0 heterocycles. The van der Waals surface area contributed by atoms with E-state index in [2.05, 4.69) is 10.9 Å². The lowest BCUT2D eigenvalue weighted by Gasteiger charge is -2.11. The van der Waals surface area contributed by atoms with E-state index < -0.39 is 11.8 Å². The first-order valence-corrected chi connectivity index (χ1v) is 6.18. The number of benzene rings is 2. The van der Waals surface area contributed by atoms with E-state index in [1.54, 1.807) is 31.2 Å². The SMILES string of the molecule is Cc1cccc(O)c1C(=O)NNC(=O)c1ccccc1O. The number of hydrazine groups is 1. The molecule has 0 aliphatic rings. The van der Waals surface area contributed by atoms with E-state index in [4.69, 9.17) is 0 Å². The summed E-state index contributed by atoms with van der Waals surface area (Å²) in [6.45, 7) is 1.67. The Balaban J connectivity index is 2.08. The molecule has 0 saturated heterocycles. The molecule has 6 nitrogen and oxygen atoms in total. The zero-order valence-electron chi connectivity index (χ0n) is 11.3. The van der Waals surface area contributed by atoms with Crippen molar-refractivity contribution >= 4 is 11.8 Å². The minimum Gasteiger partial charge on any atom is -0.507 e. The number of carbonyl (C=O) groups excluding carboxylic acids is 2. The predicted octanol–water partition coefficient (Wildman–Crippen LogP) is 1.48. The topological polar surface area (TPSA) is 98.7 Å². The summed E-state index contributed by atoms with van der Waals surface area (Å²) in [6, 6.07) is 10.6. The van der Waals surface area contributed by atoms with Crippen LogP contribution in [0, 0.1) is 6.92 Å². The number of aryl methyl sites for hydroxylation is 1. The number of phenols is 2. The highest BCUT2D eigenvalue weighted by molar-refractivity contribution is 6.02. The monoisotopic (exact) mass is 286 g/mol. The second-order valence-corrected chi connectivity index (χ2v) is 4.39. The second-order valence-electron chi connectivity index (χ2n) is 4.39. The molecule has 2 rings (SSSR count). The van der Waals surface area contributed by atoms with Crippen molar-refractivity contribution in [2.45, 2.75) is 6.92 Å². The maximum atomic E-state index is 12.0. The van der Waals surface area contributed by atoms with E-state index in [9.17, 15) is 19.8 Å². The van der Waals surface area contributed by atoms with Crippen LogP contribution in [0.25, 0.3) is 0 Å².